The van der Waals surface area contributed by atoms with Gasteiger partial charge < -0.3 is 14.7 Å². The molecule has 1 N–H and O–H groups in total. The van der Waals surface area contributed by atoms with Crippen molar-refractivity contribution >= 4 is 6.09 Å². The minimum absolute atomic E-state index is 0.0724. The van der Waals surface area contributed by atoms with E-state index in [9.17, 15) is 9.90 Å². The smallest absolute Gasteiger partial charge is 0.410 e. The molecule has 22 heavy (non-hydrogen) atoms. The zero-order chi connectivity index (χ0) is 15.9. The molecular formula is C15H20N4O3. The second-order valence-corrected chi connectivity index (χ2v) is 5.46. The van der Waals surface area contributed by atoms with Gasteiger partial charge in [-0.05, 0) is 30.9 Å². The highest BCUT2D eigenvalue weighted by Gasteiger charge is 2.32. The molecule has 0 saturated carbocycles. The monoisotopic (exact) mass is 304 g/mol. The highest BCUT2D eigenvalue weighted by Crippen LogP contribution is 2.21. The summed E-state index contributed by atoms with van der Waals surface area (Å²) in [4.78, 5) is 16.5. The van der Waals surface area contributed by atoms with Crippen LogP contribution in [0, 0.1) is 0 Å². The number of azide groups is 1. The summed E-state index contributed by atoms with van der Waals surface area (Å²) in [7, 11) is 0. The van der Waals surface area contributed by atoms with E-state index in [1.54, 1.807) is 0 Å². The molecule has 1 aromatic carbocycles. The van der Waals surface area contributed by atoms with E-state index in [0.717, 1.165) is 5.56 Å². The largest absolute Gasteiger partial charge is 0.445 e. The van der Waals surface area contributed by atoms with Crippen molar-refractivity contribution in [2.75, 3.05) is 6.54 Å². The number of ether oxygens (including phenoxy) is 1. The summed E-state index contributed by atoms with van der Waals surface area (Å²) in [5.41, 5.74) is 9.43. The third kappa shape index (κ3) is 4.13. The van der Waals surface area contributed by atoms with Crippen molar-refractivity contribution in [2.24, 2.45) is 5.11 Å². The van der Waals surface area contributed by atoms with Crippen molar-refractivity contribution in [2.45, 2.75) is 44.6 Å². The summed E-state index contributed by atoms with van der Waals surface area (Å²) in [6.45, 7) is 2.20. The fraction of sp³-hybridized carbons (Fsp3) is 0.533. The Hall–Kier alpha value is -2.24. The van der Waals surface area contributed by atoms with Crippen LogP contribution in [-0.2, 0) is 11.3 Å². The first-order chi connectivity index (χ1) is 10.6. The molecule has 0 bridgehead atoms. The van der Waals surface area contributed by atoms with Crippen molar-refractivity contribution in [3.05, 3.63) is 46.3 Å². The standard InChI is InChI=1S/C15H20N4O3/c1-11-7-8-13(17-18-16)14(20)9-19(11)15(21)22-10-12-5-3-2-4-6-12/h2-6,11,13-14,20H,7-10H2,1H3/t11-,13+,14-/m0/s1. The minimum atomic E-state index is -0.870. The number of rotatable bonds is 3. The van der Waals surface area contributed by atoms with Gasteiger partial charge in [0.05, 0.1) is 18.7 Å². The minimum Gasteiger partial charge on any atom is -0.445 e. The second kappa shape index (κ2) is 7.68. The van der Waals surface area contributed by atoms with Gasteiger partial charge in [-0.25, -0.2) is 4.79 Å². The molecule has 7 nitrogen and oxygen atoms in total. The Morgan fingerprint density at radius 3 is 2.86 bits per heavy atom. The molecule has 1 heterocycles. The van der Waals surface area contributed by atoms with Crippen LogP contribution in [0.2, 0.25) is 0 Å². The third-order valence-electron chi connectivity index (χ3n) is 3.88. The summed E-state index contributed by atoms with van der Waals surface area (Å²) in [6, 6.07) is 8.85. The summed E-state index contributed by atoms with van der Waals surface area (Å²) < 4.78 is 5.31. The Morgan fingerprint density at radius 2 is 2.18 bits per heavy atom. The van der Waals surface area contributed by atoms with Gasteiger partial charge in [0.15, 0.2) is 0 Å². The van der Waals surface area contributed by atoms with Crippen LogP contribution in [0.25, 0.3) is 10.4 Å². The van der Waals surface area contributed by atoms with Crippen LogP contribution in [0.4, 0.5) is 4.79 Å². The first-order valence-electron chi connectivity index (χ1n) is 7.31. The molecule has 1 aliphatic rings. The molecule has 0 aliphatic carbocycles. The van der Waals surface area contributed by atoms with E-state index in [-0.39, 0.29) is 19.2 Å². The highest BCUT2D eigenvalue weighted by atomic mass is 16.6. The number of benzene rings is 1. The number of carbonyl (C=O) groups is 1. The van der Waals surface area contributed by atoms with Crippen LogP contribution in [0.15, 0.2) is 35.4 Å². The average molecular weight is 304 g/mol. The van der Waals surface area contributed by atoms with Crippen LogP contribution in [-0.4, -0.2) is 40.8 Å². The Morgan fingerprint density at radius 1 is 1.45 bits per heavy atom. The number of amides is 1. The molecule has 2 rings (SSSR count). The van der Waals surface area contributed by atoms with Crippen molar-refractivity contribution in [1.29, 1.82) is 0 Å². The molecule has 0 aromatic heterocycles. The van der Waals surface area contributed by atoms with Gasteiger partial charge in [-0.2, -0.15) is 0 Å². The molecule has 1 aliphatic heterocycles. The SMILES string of the molecule is C[C@H]1CC[C@@H](N=[N+]=[N-])[C@@H](O)CN1C(=O)OCc1ccccc1. The number of likely N-dealkylation sites (tertiary alicyclic amines) is 1. The Kier molecular flexibility index (Phi) is 5.63. The highest BCUT2D eigenvalue weighted by molar-refractivity contribution is 5.68. The van der Waals surface area contributed by atoms with E-state index in [1.807, 2.05) is 37.3 Å². The number of nitrogens with zero attached hydrogens (tertiary/aromatic N) is 4. The van der Waals surface area contributed by atoms with E-state index in [1.165, 1.54) is 4.90 Å². The molecule has 0 unspecified atom stereocenters. The number of aliphatic hydroxyl groups excluding tert-OH is 1. The molecule has 1 saturated heterocycles. The normalized spacial score (nSPS) is 25.0. The number of β-amino-alcohol motifs (C(OH)–C–C–N with tert-alkyl or cyclic N) is 1. The van der Waals surface area contributed by atoms with Crippen LogP contribution >= 0.6 is 0 Å². The number of hydrogen-bond acceptors (Lipinski definition) is 4. The summed E-state index contributed by atoms with van der Waals surface area (Å²) in [6.07, 6.45) is -0.127. The number of hydrogen-bond donors (Lipinski definition) is 1. The van der Waals surface area contributed by atoms with E-state index in [2.05, 4.69) is 10.0 Å². The predicted octanol–water partition coefficient (Wildman–Crippen LogP) is 2.85. The summed E-state index contributed by atoms with van der Waals surface area (Å²) in [5, 5.41) is 13.7. The zero-order valence-corrected chi connectivity index (χ0v) is 12.5. The van der Waals surface area contributed by atoms with Gasteiger partial charge >= 0.3 is 6.09 Å². The lowest BCUT2D eigenvalue weighted by Gasteiger charge is -2.27. The van der Waals surface area contributed by atoms with Crippen molar-refractivity contribution in [3.8, 4) is 0 Å². The topological polar surface area (TPSA) is 98.5 Å². The van der Waals surface area contributed by atoms with Gasteiger partial charge in [-0.3, -0.25) is 0 Å². The second-order valence-electron chi connectivity index (χ2n) is 5.46. The van der Waals surface area contributed by atoms with Crippen molar-refractivity contribution in [1.82, 2.24) is 4.90 Å². The van der Waals surface area contributed by atoms with E-state index in [0.29, 0.717) is 12.8 Å². The lowest BCUT2D eigenvalue weighted by atomic mass is 10.1. The third-order valence-corrected chi connectivity index (χ3v) is 3.88. The maximum absolute atomic E-state index is 12.2. The first-order valence-corrected chi connectivity index (χ1v) is 7.31. The predicted molar refractivity (Wildman–Crippen MR) is 81.0 cm³/mol. The van der Waals surface area contributed by atoms with Gasteiger partial charge in [0.25, 0.3) is 0 Å². The number of carbonyl (C=O) groups excluding carboxylic acids is 1. The summed E-state index contributed by atoms with van der Waals surface area (Å²) in [5.74, 6) is 0. The quantitative estimate of drug-likeness (QED) is 0.528. The molecule has 1 aromatic rings. The molecule has 1 fully saturated rings. The molecule has 118 valence electrons. The maximum Gasteiger partial charge on any atom is 0.410 e. The Bertz CT molecular complexity index is 545. The zero-order valence-electron chi connectivity index (χ0n) is 12.5. The molecule has 1 amide bonds. The molecule has 3 atom stereocenters. The van der Waals surface area contributed by atoms with Gasteiger partial charge in [0.2, 0.25) is 0 Å². The van der Waals surface area contributed by atoms with Gasteiger partial charge in [-0.15, -0.1) is 0 Å². The number of aliphatic hydroxyl groups is 1. The lowest BCUT2D eigenvalue weighted by Crippen LogP contribution is -2.43. The first kappa shape index (κ1) is 16.1. The molecule has 7 heteroatoms. The molecule has 0 spiro atoms. The molecular weight excluding hydrogens is 284 g/mol. The van der Waals surface area contributed by atoms with Gasteiger partial charge in [-0.1, -0.05) is 35.4 Å². The van der Waals surface area contributed by atoms with Crippen LogP contribution in [0.3, 0.4) is 0 Å². The van der Waals surface area contributed by atoms with E-state index < -0.39 is 18.2 Å². The molecule has 0 radical (unpaired) electrons. The van der Waals surface area contributed by atoms with Crippen LogP contribution < -0.4 is 0 Å². The van der Waals surface area contributed by atoms with Gasteiger partial charge in [0.1, 0.15) is 6.61 Å². The van der Waals surface area contributed by atoms with Crippen LogP contribution in [0.5, 0.6) is 0 Å². The fourth-order valence-electron chi connectivity index (χ4n) is 2.52. The van der Waals surface area contributed by atoms with Crippen molar-refractivity contribution < 1.29 is 14.6 Å². The average Bonchev–Trinajstić information content (AvgIpc) is 2.67. The van der Waals surface area contributed by atoms with E-state index >= 15 is 0 Å². The Labute approximate surface area is 129 Å². The van der Waals surface area contributed by atoms with Crippen molar-refractivity contribution in [3.63, 3.8) is 0 Å². The summed E-state index contributed by atoms with van der Waals surface area (Å²) >= 11 is 0. The van der Waals surface area contributed by atoms with Gasteiger partial charge in [0, 0.05) is 11.0 Å². The fourth-order valence-corrected chi connectivity index (χ4v) is 2.52. The maximum atomic E-state index is 12.2. The van der Waals surface area contributed by atoms with Crippen LogP contribution in [0.1, 0.15) is 25.3 Å². The lowest BCUT2D eigenvalue weighted by molar-refractivity contribution is 0.0582. The van der Waals surface area contributed by atoms with E-state index in [4.69, 9.17) is 10.3 Å². The Balaban J connectivity index is 1.97.